The van der Waals surface area contributed by atoms with Crippen LogP contribution in [-0.2, 0) is 0 Å². The minimum absolute atomic E-state index is 0.0185. The van der Waals surface area contributed by atoms with Gasteiger partial charge in [0.25, 0.3) is 0 Å². The Morgan fingerprint density at radius 2 is 0.925 bits per heavy atom. The fourth-order valence-electron chi connectivity index (χ4n) is 8.00. The van der Waals surface area contributed by atoms with Crippen LogP contribution in [0.4, 0.5) is 0 Å². The van der Waals surface area contributed by atoms with E-state index in [1.165, 1.54) is 0 Å². The highest BCUT2D eigenvalue weighted by Gasteiger charge is 2.17. The molecule has 0 aliphatic carbocycles. The molecule has 0 bridgehead atoms. The minimum Gasteiger partial charge on any atom is -0.455 e. The zero-order chi connectivity index (χ0) is 40.1. The first-order valence-electron chi connectivity index (χ1n) is 20.8. The molecular formula is C52H32O. The largest absolute Gasteiger partial charge is 0.455 e. The quantitative estimate of drug-likeness (QED) is 0.169. The van der Waals surface area contributed by atoms with Crippen LogP contribution in [0.2, 0.25) is 0 Å². The number of hydrogen-bond acceptors (Lipinski definition) is 1. The predicted molar refractivity (Wildman–Crippen MR) is 225 cm³/mol. The van der Waals surface area contributed by atoms with Crippen molar-refractivity contribution in [3.8, 4) is 44.5 Å². The molecule has 53 heavy (non-hydrogen) atoms. The van der Waals surface area contributed by atoms with E-state index in [4.69, 9.17) is 4.42 Å². The van der Waals surface area contributed by atoms with E-state index in [0.29, 0.717) is 16.7 Å². The molecule has 0 radical (unpaired) electrons. The van der Waals surface area contributed by atoms with Gasteiger partial charge in [0, 0.05) is 16.3 Å². The van der Waals surface area contributed by atoms with Gasteiger partial charge in [0.05, 0.1) is 8.22 Å². The second-order valence-electron chi connectivity index (χ2n) is 13.5. The first-order chi connectivity index (χ1) is 28.8. The van der Waals surface area contributed by atoms with Crippen LogP contribution >= 0.6 is 0 Å². The number of fused-ring (bicyclic) bond motifs is 7. The summed E-state index contributed by atoms with van der Waals surface area (Å²) in [5, 5.41) is 7.51. The second-order valence-corrected chi connectivity index (χ2v) is 13.5. The summed E-state index contributed by atoms with van der Waals surface area (Å²) < 4.78 is 63.5. The highest BCUT2D eigenvalue weighted by Crippen LogP contribution is 2.44. The van der Waals surface area contributed by atoms with Crippen molar-refractivity contribution in [2.75, 3.05) is 0 Å². The molecule has 0 unspecified atom stereocenters. The molecule has 0 aliphatic rings. The fraction of sp³-hybridized carbons (Fsp3) is 0. The molecule has 0 saturated carbocycles. The molecule has 11 aromatic rings. The third-order valence-corrected chi connectivity index (χ3v) is 10.5. The van der Waals surface area contributed by atoms with E-state index in [-0.39, 0.29) is 58.2 Å². The predicted octanol–water partition coefficient (Wildman–Crippen LogP) is 14.9. The van der Waals surface area contributed by atoms with E-state index >= 15 is 0 Å². The molecule has 1 heterocycles. The summed E-state index contributed by atoms with van der Waals surface area (Å²) >= 11 is 0. The summed E-state index contributed by atoms with van der Waals surface area (Å²) in [6.07, 6.45) is 0. The highest BCUT2D eigenvalue weighted by molar-refractivity contribution is 6.21. The molecule has 1 heteroatoms. The molecule has 11 rings (SSSR count). The van der Waals surface area contributed by atoms with E-state index in [9.17, 15) is 8.22 Å². The SMILES string of the molecule is [2H]c1c(-c2c3ccccc3c(-c3ccccc3)c3ccccc23)c([2H])c2c([2H])c([2H])c(-c3ccc4oc5c(-c6ccc7ccccc7c6)cccc5c4c3)c([2H])c2c1[2H]. The Morgan fingerprint density at radius 3 is 1.66 bits per heavy atom. The molecular weight excluding hydrogens is 641 g/mol. The molecule has 1 nitrogen and oxygen atoms in total. The maximum absolute atomic E-state index is 9.70. The lowest BCUT2D eigenvalue weighted by molar-refractivity contribution is 0.670. The van der Waals surface area contributed by atoms with Gasteiger partial charge in [-0.05, 0) is 112 Å². The van der Waals surface area contributed by atoms with Crippen LogP contribution in [0, 0.1) is 0 Å². The van der Waals surface area contributed by atoms with Gasteiger partial charge in [-0.1, -0.05) is 164 Å². The zero-order valence-corrected chi connectivity index (χ0v) is 28.4. The molecule has 0 saturated heterocycles. The average Bonchev–Trinajstić information content (AvgIpc) is 3.65. The van der Waals surface area contributed by atoms with Crippen molar-refractivity contribution in [3.63, 3.8) is 0 Å². The van der Waals surface area contributed by atoms with Crippen LogP contribution in [0.25, 0.3) is 110 Å². The Hall–Kier alpha value is -6.96. The van der Waals surface area contributed by atoms with E-state index in [0.717, 1.165) is 70.9 Å². The summed E-state index contributed by atoms with van der Waals surface area (Å²) in [4.78, 5) is 0. The third-order valence-electron chi connectivity index (χ3n) is 10.5. The van der Waals surface area contributed by atoms with Crippen LogP contribution in [0.15, 0.2) is 198 Å². The average molecular weight is 679 g/mol. The summed E-state index contributed by atoms with van der Waals surface area (Å²) in [6, 6.07) is 50.9. The van der Waals surface area contributed by atoms with Gasteiger partial charge in [-0.2, -0.15) is 0 Å². The molecule has 0 atom stereocenters. The maximum Gasteiger partial charge on any atom is 0.143 e. The number of para-hydroxylation sites is 1. The van der Waals surface area contributed by atoms with E-state index in [1.807, 2.05) is 109 Å². The van der Waals surface area contributed by atoms with Crippen molar-refractivity contribution in [1.29, 1.82) is 0 Å². The van der Waals surface area contributed by atoms with E-state index in [1.54, 1.807) is 6.07 Å². The standard InChI is InChI=1S/C52H32O/c1-2-12-34(13-3-1)50-43-15-6-8-17-45(43)51(46-18-9-7-16-44(46)50)41-26-24-36-29-37(22-23-38(36)31-41)39-27-28-49-48(32-39)47-20-10-19-42(52(47)53-49)40-25-21-33-11-4-5-14-35(33)30-40/h1-32H/i22D,23D,24D,26D,29D,31D. The summed E-state index contributed by atoms with van der Waals surface area (Å²) in [7, 11) is 0. The van der Waals surface area contributed by atoms with Crippen LogP contribution in [0.5, 0.6) is 0 Å². The van der Waals surface area contributed by atoms with Gasteiger partial charge < -0.3 is 4.42 Å². The molecule has 1 aromatic heterocycles. The Bertz CT molecular complexity index is 3510. The van der Waals surface area contributed by atoms with Crippen molar-refractivity contribution < 1.29 is 12.6 Å². The summed E-state index contributed by atoms with van der Waals surface area (Å²) in [5.41, 5.74) is 6.95. The topological polar surface area (TPSA) is 13.1 Å². The van der Waals surface area contributed by atoms with E-state index < -0.39 is 0 Å². The summed E-state index contributed by atoms with van der Waals surface area (Å²) in [5.74, 6) is 0. The molecule has 0 aliphatic heterocycles. The van der Waals surface area contributed by atoms with Gasteiger partial charge in [-0.15, -0.1) is 0 Å². The first kappa shape index (κ1) is 24.3. The van der Waals surface area contributed by atoms with Crippen molar-refractivity contribution in [3.05, 3.63) is 194 Å². The first-order valence-corrected chi connectivity index (χ1v) is 17.8. The Morgan fingerprint density at radius 1 is 0.340 bits per heavy atom. The van der Waals surface area contributed by atoms with Crippen molar-refractivity contribution in [1.82, 2.24) is 0 Å². The molecule has 0 amide bonds. The smallest absolute Gasteiger partial charge is 0.143 e. The van der Waals surface area contributed by atoms with Gasteiger partial charge in [0.1, 0.15) is 11.2 Å². The molecule has 246 valence electrons. The van der Waals surface area contributed by atoms with Gasteiger partial charge in [-0.25, -0.2) is 0 Å². The third kappa shape index (κ3) is 4.79. The fourth-order valence-corrected chi connectivity index (χ4v) is 8.00. The van der Waals surface area contributed by atoms with Crippen molar-refractivity contribution in [2.24, 2.45) is 0 Å². The summed E-state index contributed by atoms with van der Waals surface area (Å²) in [6.45, 7) is 0. The lowest BCUT2D eigenvalue weighted by Crippen LogP contribution is -1.90. The van der Waals surface area contributed by atoms with Gasteiger partial charge in [0.2, 0.25) is 0 Å². The van der Waals surface area contributed by atoms with Crippen LogP contribution in [0.3, 0.4) is 0 Å². The zero-order valence-electron chi connectivity index (χ0n) is 34.4. The lowest BCUT2D eigenvalue weighted by atomic mass is 9.85. The number of rotatable bonds is 4. The number of furan rings is 1. The highest BCUT2D eigenvalue weighted by atomic mass is 16.3. The molecule has 10 aromatic carbocycles. The van der Waals surface area contributed by atoms with Crippen LogP contribution in [0.1, 0.15) is 8.22 Å². The molecule has 0 spiro atoms. The Labute approximate surface area is 315 Å². The second kappa shape index (κ2) is 11.8. The van der Waals surface area contributed by atoms with Gasteiger partial charge >= 0.3 is 0 Å². The van der Waals surface area contributed by atoms with Crippen molar-refractivity contribution >= 4 is 65.0 Å². The Balaban J connectivity index is 1.13. The normalized spacial score (nSPS) is 13.4. The van der Waals surface area contributed by atoms with Gasteiger partial charge in [-0.3, -0.25) is 0 Å². The van der Waals surface area contributed by atoms with Crippen LogP contribution < -0.4 is 0 Å². The van der Waals surface area contributed by atoms with Gasteiger partial charge in [0.15, 0.2) is 0 Å². The monoisotopic (exact) mass is 678 g/mol. The molecule has 0 N–H and O–H groups in total. The molecule has 0 fully saturated rings. The minimum atomic E-state index is -0.254. The Kier molecular flexibility index (Phi) is 5.40. The maximum atomic E-state index is 9.70. The number of benzene rings is 10. The van der Waals surface area contributed by atoms with Crippen molar-refractivity contribution in [2.45, 2.75) is 0 Å². The number of hydrogen-bond donors (Lipinski definition) is 0. The van der Waals surface area contributed by atoms with E-state index in [2.05, 4.69) is 42.5 Å². The van der Waals surface area contributed by atoms with Crippen LogP contribution in [-0.4, -0.2) is 0 Å². The lowest BCUT2D eigenvalue weighted by Gasteiger charge is -2.18.